The van der Waals surface area contributed by atoms with Crippen molar-refractivity contribution in [3.63, 3.8) is 0 Å². The predicted octanol–water partition coefficient (Wildman–Crippen LogP) is -4.96. The zero-order valence-electron chi connectivity index (χ0n) is 30.6. The molecule has 53 heavy (non-hydrogen) atoms. The topological polar surface area (TPSA) is 386 Å². The van der Waals surface area contributed by atoms with Crippen LogP contribution >= 0.6 is 0 Å². The van der Waals surface area contributed by atoms with E-state index in [0.29, 0.717) is 12.8 Å². The van der Waals surface area contributed by atoms with E-state index in [1.807, 2.05) is 0 Å². The number of aliphatic carboxylic acids is 2. The molecule has 0 aliphatic heterocycles. The predicted molar refractivity (Wildman–Crippen MR) is 190 cm³/mol. The summed E-state index contributed by atoms with van der Waals surface area (Å²) < 4.78 is 0. The van der Waals surface area contributed by atoms with Gasteiger partial charge in [-0.25, -0.2) is 0 Å². The van der Waals surface area contributed by atoms with Crippen molar-refractivity contribution in [2.75, 3.05) is 19.6 Å². The van der Waals surface area contributed by atoms with Crippen molar-refractivity contribution in [1.29, 1.82) is 0 Å². The number of aliphatic hydroxyl groups excluding tert-OH is 1. The number of carbonyl (C=O) groups is 8. The molecule has 0 saturated carbocycles. The lowest BCUT2D eigenvalue weighted by atomic mass is 10.0. The van der Waals surface area contributed by atoms with Crippen LogP contribution in [0.5, 0.6) is 0 Å². The summed E-state index contributed by atoms with van der Waals surface area (Å²) in [7, 11) is 0. The molecule has 0 aromatic heterocycles. The Morgan fingerprint density at radius 2 is 1.15 bits per heavy atom. The fourth-order valence-electron chi connectivity index (χ4n) is 4.61. The zero-order chi connectivity index (χ0) is 40.8. The van der Waals surface area contributed by atoms with Crippen LogP contribution in [0.15, 0.2) is 4.99 Å². The summed E-state index contributed by atoms with van der Waals surface area (Å²) in [5.41, 5.74) is 21.8. The van der Waals surface area contributed by atoms with E-state index in [-0.39, 0.29) is 50.7 Å². The highest BCUT2D eigenvalue weighted by molar-refractivity contribution is 5.97. The van der Waals surface area contributed by atoms with Gasteiger partial charge in [-0.15, -0.1) is 0 Å². The second-order valence-corrected chi connectivity index (χ2v) is 12.8. The van der Waals surface area contributed by atoms with Gasteiger partial charge in [0.2, 0.25) is 35.4 Å². The first-order chi connectivity index (χ1) is 24.7. The van der Waals surface area contributed by atoms with E-state index in [4.69, 9.17) is 28.0 Å². The third kappa shape index (κ3) is 20.5. The number of carbonyl (C=O) groups excluding carboxylic acids is 6. The SMILES string of the molecule is CC(C)C[C@H](NC(=O)[C@H](C)NC(=O)[C@H](CC(=O)O)NC(=O)[C@H](CCCCN)NC(=O)[C@@H](N)[C@@H](C)O)C(=O)N[C@@H](CCCN=C(N)N)C(=O)NCC(=O)O. The molecule has 0 radical (unpaired) electrons. The van der Waals surface area contributed by atoms with E-state index in [2.05, 4.69) is 36.9 Å². The fraction of sp³-hybridized carbons (Fsp3) is 0.710. The third-order valence-electron chi connectivity index (χ3n) is 7.50. The molecular formula is C31H57N11O11. The molecule has 0 spiro atoms. The molecule has 0 heterocycles. The minimum Gasteiger partial charge on any atom is -0.481 e. The Labute approximate surface area is 307 Å². The molecule has 22 heteroatoms. The number of hydrogen-bond donors (Lipinski definition) is 13. The van der Waals surface area contributed by atoms with Gasteiger partial charge in [0.05, 0.1) is 12.5 Å². The molecule has 0 saturated heterocycles. The van der Waals surface area contributed by atoms with Crippen molar-refractivity contribution in [2.45, 2.75) is 115 Å². The van der Waals surface area contributed by atoms with E-state index in [1.54, 1.807) is 13.8 Å². The van der Waals surface area contributed by atoms with Crippen LogP contribution in [0.4, 0.5) is 0 Å². The average Bonchev–Trinajstić information content (AvgIpc) is 3.06. The van der Waals surface area contributed by atoms with Crippen molar-refractivity contribution in [3.05, 3.63) is 0 Å². The summed E-state index contributed by atoms with van der Waals surface area (Å²) in [5, 5.41) is 42.2. The number of guanidine groups is 1. The van der Waals surface area contributed by atoms with Crippen LogP contribution in [-0.4, -0.2) is 131 Å². The Balaban J connectivity index is 5.92. The molecule has 0 rings (SSSR count). The number of rotatable bonds is 26. The van der Waals surface area contributed by atoms with Gasteiger partial charge in [-0.3, -0.25) is 43.3 Å². The summed E-state index contributed by atoms with van der Waals surface area (Å²) in [4.78, 5) is 105. The monoisotopic (exact) mass is 759 g/mol. The van der Waals surface area contributed by atoms with E-state index in [0.717, 1.165) is 0 Å². The lowest BCUT2D eigenvalue weighted by molar-refractivity contribution is -0.141. The van der Waals surface area contributed by atoms with Gasteiger partial charge in [0.25, 0.3) is 0 Å². The van der Waals surface area contributed by atoms with Crippen LogP contribution in [0.25, 0.3) is 0 Å². The zero-order valence-corrected chi connectivity index (χ0v) is 30.6. The molecular weight excluding hydrogens is 702 g/mol. The normalized spacial score (nSPS) is 14.9. The van der Waals surface area contributed by atoms with Gasteiger partial charge in [0, 0.05) is 6.54 Å². The van der Waals surface area contributed by atoms with E-state index < -0.39 is 103 Å². The molecule has 0 fully saturated rings. The number of carboxylic acid groups (broad SMARTS) is 2. The molecule has 0 unspecified atom stereocenters. The van der Waals surface area contributed by atoms with E-state index >= 15 is 0 Å². The number of amides is 6. The molecule has 0 aromatic carbocycles. The van der Waals surface area contributed by atoms with Crippen molar-refractivity contribution in [3.8, 4) is 0 Å². The summed E-state index contributed by atoms with van der Waals surface area (Å²) in [6, 6.07) is -8.22. The molecule has 0 bridgehead atoms. The number of hydrogen-bond acceptors (Lipinski definition) is 12. The van der Waals surface area contributed by atoms with Crippen molar-refractivity contribution in [2.24, 2.45) is 33.8 Å². The molecule has 0 aromatic rings. The highest BCUT2D eigenvalue weighted by Crippen LogP contribution is 2.09. The van der Waals surface area contributed by atoms with Gasteiger partial charge in [-0.1, -0.05) is 13.8 Å². The quantitative estimate of drug-likeness (QED) is 0.0223. The van der Waals surface area contributed by atoms with Crippen LogP contribution in [-0.2, 0) is 38.4 Å². The number of carboxylic acids is 2. The van der Waals surface area contributed by atoms with Gasteiger partial charge < -0.3 is 70.2 Å². The number of nitrogens with two attached hydrogens (primary N) is 4. The van der Waals surface area contributed by atoms with Gasteiger partial charge in [0.15, 0.2) is 5.96 Å². The highest BCUT2D eigenvalue weighted by Gasteiger charge is 2.33. The first kappa shape index (κ1) is 47.9. The Bertz CT molecular complexity index is 1290. The first-order valence-electron chi connectivity index (χ1n) is 17.1. The highest BCUT2D eigenvalue weighted by atomic mass is 16.4. The number of nitrogens with one attached hydrogen (secondary N) is 6. The molecule has 7 atom stereocenters. The molecule has 6 amide bonds. The Morgan fingerprint density at radius 3 is 1.68 bits per heavy atom. The van der Waals surface area contributed by atoms with Crippen LogP contribution < -0.4 is 54.8 Å². The van der Waals surface area contributed by atoms with E-state index in [9.17, 15) is 48.6 Å². The summed E-state index contributed by atoms with van der Waals surface area (Å²) >= 11 is 0. The van der Waals surface area contributed by atoms with Gasteiger partial charge >= 0.3 is 11.9 Å². The second-order valence-electron chi connectivity index (χ2n) is 12.8. The Hall–Kier alpha value is -5.09. The lowest BCUT2D eigenvalue weighted by Crippen LogP contribution is -2.59. The summed E-state index contributed by atoms with van der Waals surface area (Å²) in [5.74, 6) is -8.50. The van der Waals surface area contributed by atoms with Gasteiger partial charge in [-0.2, -0.15) is 0 Å². The summed E-state index contributed by atoms with van der Waals surface area (Å²) in [6.45, 7) is 5.70. The molecule has 22 nitrogen and oxygen atoms in total. The van der Waals surface area contributed by atoms with Crippen LogP contribution in [0.1, 0.15) is 72.6 Å². The average molecular weight is 760 g/mol. The van der Waals surface area contributed by atoms with Crippen LogP contribution in [0.3, 0.4) is 0 Å². The number of aliphatic hydroxyl groups is 1. The maximum atomic E-state index is 13.4. The number of nitrogens with zero attached hydrogens (tertiary/aromatic N) is 1. The van der Waals surface area contributed by atoms with Crippen LogP contribution in [0, 0.1) is 5.92 Å². The van der Waals surface area contributed by atoms with Crippen molar-refractivity contribution >= 4 is 53.3 Å². The maximum absolute atomic E-state index is 13.4. The fourth-order valence-corrected chi connectivity index (χ4v) is 4.61. The minimum atomic E-state index is -1.71. The third-order valence-corrected chi connectivity index (χ3v) is 7.50. The Morgan fingerprint density at radius 1 is 0.642 bits per heavy atom. The Kier molecular flexibility index (Phi) is 22.6. The second kappa shape index (κ2) is 25.0. The lowest BCUT2D eigenvalue weighted by Gasteiger charge is -2.26. The molecule has 17 N–H and O–H groups in total. The molecule has 0 aliphatic rings. The van der Waals surface area contributed by atoms with Crippen molar-refractivity contribution in [1.82, 2.24) is 31.9 Å². The van der Waals surface area contributed by atoms with Crippen molar-refractivity contribution < 1.29 is 53.7 Å². The maximum Gasteiger partial charge on any atom is 0.322 e. The molecule has 302 valence electrons. The minimum absolute atomic E-state index is 0.00435. The number of unbranched alkanes of at least 4 members (excludes halogenated alkanes) is 1. The van der Waals surface area contributed by atoms with Gasteiger partial charge in [-0.05, 0) is 64.8 Å². The van der Waals surface area contributed by atoms with Gasteiger partial charge in [0.1, 0.15) is 42.8 Å². The molecule has 0 aliphatic carbocycles. The first-order valence-corrected chi connectivity index (χ1v) is 17.1. The largest absolute Gasteiger partial charge is 0.481 e. The smallest absolute Gasteiger partial charge is 0.322 e. The number of aliphatic imine (C=N–C) groups is 1. The standard InChI is InChI=1S/C31H57N11O11/c1-15(2)12-20(29(52)39-18(9-7-11-36-31(34)35)26(49)37-14-23(46)47)41-25(48)16(3)38-28(51)21(13-22(44)45)42-27(50)19(8-5-6-10-32)40-30(53)24(33)17(4)43/h15-21,24,43H,5-14,32-33H2,1-4H3,(H,37,49)(H,38,51)(H,39,52)(H,40,53)(H,41,48)(H,42,50)(H,44,45)(H,46,47)(H4,34,35,36)/t16-,17+,18-,19-,20-,21-,24-/m0/s1. The summed E-state index contributed by atoms with van der Waals surface area (Å²) in [6.07, 6.45) is -0.983. The van der Waals surface area contributed by atoms with E-state index in [1.165, 1.54) is 13.8 Å². The van der Waals surface area contributed by atoms with Crippen LogP contribution in [0.2, 0.25) is 0 Å².